The first kappa shape index (κ1) is 20.2. The first-order valence-corrected chi connectivity index (χ1v) is 10.8. The van der Waals surface area contributed by atoms with E-state index in [1.807, 2.05) is 44.2 Å². The summed E-state index contributed by atoms with van der Waals surface area (Å²) in [5, 5.41) is 6.29. The molecule has 1 aromatic rings. The summed E-state index contributed by atoms with van der Waals surface area (Å²) in [5.74, 6) is -1.01. The first-order valence-electron chi connectivity index (χ1n) is 8.71. The van der Waals surface area contributed by atoms with E-state index < -0.39 is 27.0 Å². The molecule has 2 amide bonds. The Labute approximate surface area is 155 Å². The predicted molar refractivity (Wildman–Crippen MR) is 102 cm³/mol. The molecule has 0 aliphatic carbocycles. The molecular formula is C18H27N3O4S. The number of rotatable bonds is 6. The molecule has 8 heteroatoms. The van der Waals surface area contributed by atoms with Crippen molar-refractivity contribution in [3.63, 3.8) is 0 Å². The van der Waals surface area contributed by atoms with Gasteiger partial charge in [0.15, 0.2) is 9.84 Å². The number of nitrogens with one attached hydrogen (secondary N) is 2. The summed E-state index contributed by atoms with van der Waals surface area (Å²) in [6.07, 6.45) is 1.87. The van der Waals surface area contributed by atoms with Gasteiger partial charge >= 0.3 is 0 Å². The Hall–Kier alpha value is -2.09. The molecule has 2 N–H and O–H groups in total. The van der Waals surface area contributed by atoms with Gasteiger partial charge in [-0.1, -0.05) is 18.2 Å². The number of likely N-dealkylation sites (tertiary alicyclic amines) is 1. The highest BCUT2D eigenvalue weighted by molar-refractivity contribution is 7.91. The minimum absolute atomic E-state index is 0.00171. The highest BCUT2D eigenvalue weighted by Gasteiger charge is 2.42. The maximum atomic E-state index is 12.9. The van der Waals surface area contributed by atoms with Gasteiger partial charge in [-0.2, -0.15) is 0 Å². The van der Waals surface area contributed by atoms with Gasteiger partial charge in [0.1, 0.15) is 11.3 Å². The maximum absolute atomic E-state index is 12.9. The van der Waals surface area contributed by atoms with E-state index in [9.17, 15) is 18.0 Å². The number of hydrogen-bond donors (Lipinski definition) is 2. The molecule has 7 nitrogen and oxygen atoms in total. The van der Waals surface area contributed by atoms with E-state index >= 15 is 0 Å². The van der Waals surface area contributed by atoms with Crippen LogP contribution in [0.15, 0.2) is 30.3 Å². The SMILES string of the molecule is CC(C)NC(=O)C1(Nc2ccccc2)CCN(C(=O)CS(C)(=O)=O)CC1. The minimum Gasteiger partial charge on any atom is -0.371 e. The number of benzene rings is 1. The van der Waals surface area contributed by atoms with E-state index in [0.717, 1.165) is 11.9 Å². The van der Waals surface area contributed by atoms with Crippen LogP contribution < -0.4 is 10.6 Å². The second kappa shape index (κ2) is 8.07. The van der Waals surface area contributed by atoms with Crippen LogP contribution in [0.5, 0.6) is 0 Å². The highest BCUT2D eigenvalue weighted by atomic mass is 32.2. The van der Waals surface area contributed by atoms with Crippen LogP contribution in [0, 0.1) is 0 Å². The standard InChI is InChI=1S/C18H27N3O4S/c1-14(2)19-17(23)18(20-15-7-5-4-6-8-15)9-11-21(12-10-18)16(22)13-26(3,24)25/h4-8,14,20H,9-13H2,1-3H3,(H,19,23). The fourth-order valence-corrected chi connectivity index (χ4v) is 3.69. The van der Waals surface area contributed by atoms with Crippen LogP contribution in [0.2, 0.25) is 0 Å². The molecule has 144 valence electrons. The third kappa shape index (κ3) is 5.45. The molecule has 26 heavy (non-hydrogen) atoms. The monoisotopic (exact) mass is 381 g/mol. The molecule has 1 saturated heterocycles. The molecule has 0 aromatic heterocycles. The number of piperidine rings is 1. The third-order valence-electron chi connectivity index (χ3n) is 4.37. The Kier molecular flexibility index (Phi) is 6.28. The molecule has 0 saturated carbocycles. The second-order valence-electron chi connectivity index (χ2n) is 7.15. The Balaban J connectivity index is 2.14. The van der Waals surface area contributed by atoms with Crippen molar-refractivity contribution in [2.24, 2.45) is 0 Å². The summed E-state index contributed by atoms with van der Waals surface area (Å²) < 4.78 is 22.7. The summed E-state index contributed by atoms with van der Waals surface area (Å²) in [4.78, 5) is 26.5. The number of amides is 2. The Morgan fingerprint density at radius 3 is 2.23 bits per heavy atom. The lowest BCUT2D eigenvalue weighted by molar-refractivity contribution is -0.134. The lowest BCUT2D eigenvalue weighted by Crippen LogP contribution is -2.60. The minimum atomic E-state index is -3.37. The van der Waals surface area contributed by atoms with E-state index in [4.69, 9.17) is 0 Å². The van der Waals surface area contributed by atoms with Crippen molar-refractivity contribution in [3.05, 3.63) is 30.3 Å². The number of para-hydroxylation sites is 1. The molecule has 1 fully saturated rings. The number of nitrogens with zero attached hydrogens (tertiary/aromatic N) is 1. The first-order chi connectivity index (χ1) is 12.1. The molecule has 0 bridgehead atoms. The second-order valence-corrected chi connectivity index (χ2v) is 9.29. The molecule has 2 rings (SSSR count). The van der Waals surface area contributed by atoms with Gasteiger partial charge in [0.2, 0.25) is 11.8 Å². The van der Waals surface area contributed by atoms with Crippen LogP contribution in [-0.4, -0.2) is 61.8 Å². The van der Waals surface area contributed by atoms with Crippen molar-refractivity contribution in [3.8, 4) is 0 Å². The number of hydrogen-bond acceptors (Lipinski definition) is 5. The van der Waals surface area contributed by atoms with Crippen LogP contribution in [0.3, 0.4) is 0 Å². The van der Waals surface area contributed by atoms with Crippen LogP contribution in [0.25, 0.3) is 0 Å². The quantitative estimate of drug-likeness (QED) is 0.767. The number of sulfone groups is 1. The summed E-state index contributed by atoms with van der Waals surface area (Å²) >= 11 is 0. The summed E-state index contributed by atoms with van der Waals surface area (Å²) in [5.41, 5.74) is 0.00958. The smallest absolute Gasteiger partial charge is 0.246 e. The van der Waals surface area contributed by atoms with Crippen molar-refractivity contribution >= 4 is 27.3 Å². The van der Waals surface area contributed by atoms with E-state index in [1.165, 1.54) is 4.90 Å². The molecule has 0 unspecified atom stereocenters. The largest absolute Gasteiger partial charge is 0.371 e. The molecule has 0 spiro atoms. The van der Waals surface area contributed by atoms with E-state index in [2.05, 4.69) is 10.6 Å². The van der Waals surface area contributed by atoms with E-state index in [-0.39, 0.29) is 11.9 Å². The van der Waals surface area contributed by atoms with Crippen molar-refractivity contribution < 1.29 is 18.0 Å². The zero-order chi connectivity index (χ0) is 19.4. The summed E-state index contributed by atoms with van der Waals surface area (Å²) in [6, 6.07) is 9.47. The molecule has 1 aliphatic heterocycles. The number of anilines is 1. The van der Waals surface area contributed by atoms with Gasteiger partial charge in [-0.05, 0) is 38.8 Å². The van der Waals surface area contributed by atoms with Gasteiger partial charge in [-0.15, -0.1) is 0 Å². The van der Waals surface area contributed by atoms with E-state index in [0.29, 0.717) is 25.9 Å². The molecule has 0 radical (unpaired) electrons. The Morgan fingerprint density at radius 1 is 1.15 bits per heavy atom. The normalized spacial score (nSPS) is 17.0. The summed E-state index contributed by atoms with van der Waals surface area (Å²) in [7, 11) is -3.37. The van der Waals surface area contributed by atoms with Crippen LogP contribution >= 0.6 is 0 Å². The Bertz CT molecular complexity index is 739. The van der Waals surface area contributed by atoms with Crippen LogP contribution in [-0.2, 0) is 19.4 Å². The fraction of sp³-hybridized carbons (Fsp3) is 0.556. The van der Waals surface area contributed by atoms with Crippen LogP contribution in [0.4, 0.5) is 5.69 Å². The zero-order valence-corrected chi connectivity index (χ0v) is 16.3. The molecule has 1 aliphatic rings. The average Bonchev–Trinajstić information content (AvgIpc) is 2.54. The van der Waals surface area contributed by atoms with Crippen molar-refractivity contribution in [1.82, 2.24) is 10.2 Å². The van der Waals surface area contributed by atoms with Gasteiger partial charge in [-0.25, -0.2) is 8.42 Å². The zero-order valence-electron chi connectivity index (χ0n) is 15.5. The van der Waals surface area contributed by atoms with Gasteiger partial charge in [0, 0.05) is 31.1 Å². The van der Waals surface area contributed by atoms with Crippen molar-refractivity contribution in [2.75, 3.05) is 30.4 Å². The number of carbonyl (C=O) groups excluding carboxylic acids is 2. The van der Waals surface area contributed by atoms with Crippen molar-refractivity contribution in [1.29, 1.82) is 0 Å². The Morgan fingerprint density at radius 2 is 1.73 bits per heavy atom. The summed E-state index contributed by atoms with van der Waals surface area (Å²) in [6.45, 7) is 4.47. The predicted octanol–water partition coefficient (Wildman–Crippen LogP) is 1.03. The molecule has 0 atom stereocenters. The van der Waals surface area contributed by atoms with Gasteiger partial charge < -0.3 is 15.5 Å². The highest BCUT2D eigenvalue weighted by Crippen LogP contribution is 2.28. The topological polar surface area (TPSA) is 95.6 Å². The van der Waals surface area contributed by atoms with Crippen LogP contribution in [0.1, 0.15) is 26.7 Å². The lowest BCUT2D eigenvalue weighted by Gasteiger charge is -2.42. The molecular weight excluding hydrogens is 354 g/mol. The molecule has 1 heterocycles. The fourth-order valence-electron chi connectivity index (χ4n) is 3.06. The molecule has 1 aromatic carbocycles. The average molecular weight is 381 g/mol. The van der Waals surface area contributed by atoms with Crippen molar-refractivity contribution in [2.45, 2.75) is 38.3 Å². The number of carbonyl (C=O) groups is 2. The lowest BCUT2D eigenvalue weighted by atomic mass is 9.85. The van der Waals surface area contributed by atoms with Gasteiger partial charge in [-0.3, -0.25) is 9.59 Å². The van der Waals surface area contributed by atoms with E-state index in [1.54, 1.807) is 0 Å². The van der Waals surface area contributed by atoms with Gasteiger partial charge in [0.05, 0.1) is 0 Å². The third-order valence-corrected chi connectivity index (χ3v) is 5.14. The maximum Gasteiger partial charge on any atom is 0.246 e. The van der Waals surface area contributed by atoms with Gasteiger partial charge in [0.25, 0.3) is 0 Å².